The van der Waals surface area contributed by atoms with Crippen LogP contribution in [0, 0.1) is 0 Å². The summed E-state index contributed by atoms with van der Waals surface area (Å²) < 4.78 is 0. The average molecular weight is 261 g/mol. The predicted octanol–water partition coefficient (Wildman–Crippen LogP) is 3.10. The fourth-order valence-electron chi connectivity index (χ4n) is 2.00. The molecule has 2 N–H and O–H groups in total. The summed E-state index contributed by atoms with van der Waals surface area (Å²) in [5.41, 5.74) is 0.895. The van der Waals surface area contributed by atoms with E-state index in [2.05, 4.69) is 10.3 Å². The molecule has 0 amide bonds. The lowest BCUT2D eigenvalue weighted by atomic mass is 9.93. The van der Waals surface area contributed by atoms with Gasteiger partial charge in [0.15, 0.2) is 0 Å². The number of aliphatic hydroxyl groups excluding tert-OH is 1. The molecule has 1 aliphatic rings. The number of hydrogen-bond acceptors (Lipinski definition) is 3. The van der Waals surface area contributed by atoms with E-state index < -0.39 is 0 Å². The Balaban J connectivity index is 1.98. The van der Waals surface area contributed by atoms with Crippen LogP contribution in [0.2, 0.25) is 10.3 Å². The van der Waals surface area contributed by atoms with Crippen LogP contribution in [0.3, 0.4) is 0 Å². The van der Waals surface area contributed by atoms with Crippen LogP contribution in [0.4, 0.5) is 5.69 Å². The fourth-order valence-corrected chi connectivity index (χ4v) is 2.46. The van der Waals surface area contributed by atoms with Gasteiger partial charge >= 0.3 is 0 Å². The molecule has 1 saturated carbocycles. The van der Waals surface area contributed by atoms with Gasteiger partial charge in [0, 0.05) is 11.7 Å². The van der Waals surface area contributed by atoms with Crippen molar-refractivity contribution >= 4 is 28.9 Å². The van der Waals surface area contributed by atoms with E-state index in [9.17, 15) is 5.11 Å². The van der Waals surface area contributed by atoms with Crippen molar-refractivity contribution in [2.45, 2.75) is 37.8 Å². The zero-order chi connectivity index (χ0) is 11.5. The van der Waals surface area contributed by atoms with Gasteiger partial charge in [-0.3, -0.25) is 0 Å². The van der Waals surface area contributed by atoms with Crippen molar-refractivity contribution in [2.24, 2.45) is 0 Å². The zero-order valence-electron chi connectivity index (χ0n) is 8.79. The first-order chi connectivity index (χ1) is 7.63. The Labute approximate surface area is 105 Å². The van der Waals surface area contributed by atoms with E-state index in [1.807, 2.05) is 0 Å². The van der Waals surface area contributed by atoms with Crippen molar-refractivity contribution in [1.29, 1.82) is 0 Å². The lowest BCUT2D eigenvalue weighted by molar-refractivity contribution is 0.126. The van der Waals surface area contributed by atoms with E-state index in [-0.39, 0.29) is 6.10 Å². The van der Waals surface area contributed by atoms with Crippen molar-refractivity contribution in [1.82, 2.24) is 4.98 Å². The number of aliphatic hydroxyl groups is 1. The average Bonchev–Trinajstić information content (AvgIpc) is 2.20. The Morgan fingerprint density at radius 3 is 2.25 bits per heavy atom. The molecule has 1 aromatic rings. The molecule has 1 aliphatic carbocycles. The number of nitrogens with one attached hydrogen (secondary N) is 1. The normalized spacial score (nSPS) is 25.4. The second-order valence-electron chi connectivity index (χ2n) is 4.15. The monoisotopic (exact) mass is 260 g/mol. The Bertz CT molecular complexity index is 345. The van der Waals surface area contributed by atoms with E-state index in [1.165, 1.54) is 0 Å². The number of hydrogen-bond donors (Lipinski definition) is 2. The molecule has 3 nitrogen and oxygen atoms in total. The zero-order valence-corrected chi connectivity index (χ0v) is 10.3. The van der Waals surface area contributed by atoms with Crippen LogP contribution in [-0.2, 0) is 0 Å². The molecule has 16 heavy (non-hydrogen) atoms. The van der Waals surface area contributed by atoms with Gasteiger partial charge in [-0.15, -0.1) is 0 Å². The summed E-state index contributed by atoms with van der Waals surface area (Å²) >= 11 is 11.6. The largest absolute Gasteiger partial charge is 0.393 e. The molecule has 5 heteroatoms. The highest BCUT2D eigenvalue weighted by Crippen LogP contribution is 2.24. The molecule has 0 saturated heterocycles. The standard InChI is InChI=1S/C11H14Cl2N2O/c12-10-5-8(6-11(13)15-10)14-7-1-3-9(16)4-2-7/h5-7,9,16H,1-4H2,(H,14,15)/t7-,9-. The molecule has 88 valence electrons. The third-order valence-electron chi connectivity index (χ3n) is 2.83. The first-order valence-electron chi connectivity index (χ1n) is 5.41. The lowest BCUT2D eigenvalue weighted by Crippen LogP contribution is -2.28. The van der Waals surface area contributed by atoms with Crippen LogP contribution in [0.15, 0.2) is 12.1 Å². The first-order valence-corrected chi connectivity index (χ1v) is 6.17. The number of aromatic nitrogens is 1. The van der Waals surface area contributed by atoms with Gasteiger partial charge in [-0.05, 0) is 37.8 Å². The van der Waals surface area contributed by atoms with Crippen molar-refractivity contribution < 1.29 is 5.11 Å². The molecule has 0 bridgehead atoms. The number of nitrogens with zero attached hydrogens (tertiary/aromatic N) is 1. The summed E-state index contributed by atoms with van der Waals surface area (Å²) in [7, 11) is 0. The molecular weight excluding hydrogens is 247 g/mol. The molecule has 0 aliphatic heterocycles. The van der Waals surface area contributed by atoms with Gasteiger partial charge in [-0.1, -0.05) is 23.2 Å². The van der Waals surface area contributed by atoms with Gasteiger partial charge in [0.2, 0.25) is 0 Å². The predicted molar refractivity (Wildman–Crippen MR) is 66.1 cm³/mol. The van der Waals surface area contributed by atoms with Gasteiger partial charge in [-0.2, -0.15) is 0 Å². The van der Waals surface area contributed by atoms with E-state index in [1.54, 1.807) is 12.1 Å². The summed E-state index contributed by atoms with van der Waals surface area (Å²) in [4.78, 5) is 3.89. The Morgan fingerprint density at radius 1 is 1.12 bits per heavy atom. The van der Waals surface area contributed by atoms with Gasteiger partial charge in [0.25, 0.3) is 0 Å². The fraction of sp³-hybridized carbons (Fsp3) is 0.545. The second kappa shape index (κ2) is 5.21. The van der Waals surface area contributed by atoms with Crippen molar-refractivity contribution in [3.05, 3.63) is 22.4 Å². The van der Waals surface area contributed by atoms with E-state index in [4.69, 9.17) is 23.2 Å². The SMILES string of the molecule is O[C@H]1CC[C@H](Nc2cc(Cl)nc(Cl)c2)CC1. The maximum Gasteiger partial charge on any atom is 0.132 e. The highest BCUT2D eigenvalue weighted by molar-refractivity contribution is 6.32. The smallest absolute Gasteiger partial charge is 0.132 e. The number of rotatable bonds is 2. The molecule has 1 heterocycles. The van der Waals surface area contributed by atoms with Gasteiger partial charge in [-0.25, -0.2) is 4.98 Å². The second-order valence-corrected chi connectivity index (χ2v) is 4.93. The van der Waals surface area contributed by atoms with Crippen LogP contribution < -0.4 is 5.32 Å². The summed E-state index contributed by atoms with van der Waals surface area (Å²) in [5, 5.41) is 13.6. The molecule has 0 unspecified atom stereocenters. The summed E-state index contributed by atoms with van der Waals surface area (Å²) in [6.07, 6.45) is 3.51. The molecular formula is C11H14Cl2N2O. The number of halogens is 2. The number of pyridine rings is 1. The van der Waals surface area contributed by atoms with Gasteiger partial charge < -0.3 is 10.4 Å². The van der Waals surface area contributed by atoms with E-state index >= 15 is 0 Å². The maximum atomic E-state index is 9.40. The van der Waals surface area contributed by atoms with Gasteiger partial charge in [0.1, 0.15) is 10.3 Å². The third kappa shape index (κ3) is 3.24. The Morgan fingerprint density at radius 2 is 1.69 bits per heavy atom. The number of anilines is 1. The van der Waals surface area contributed by atoms with Crippen molar-refractivity contribution in [2.75, 3.05) is 5.32 Å². The van der Waals surface area contributed by atoms with E-state index in [0.717, 1.165) is 31.4 Å². The minimum atomic E-state index is -0.136. The van der Waals surface area contributed by atoms with Crippen molar-refractivity contribution in [3.8, 4) is 0 Å². The molecule has 1 aromatic heterocycles. The summed E-state index contributed by atoms with van der Waals surface area (Å²) in [6.45, 7) is 0. The summed E-state index contributed by atoms with van der Waals surface area (Å²) in [5.74, 6) is 0. The van der Waals surface area contributed by atoms with Crippen LogP contribution in [0.5, 0.6) is 0 Å². The molecule has 0 radical (unpaired) electrons. The van der Waals surface area contributed by atoms with Crippen LogP contribution in [0.25, 0.3) is 0 Å². The molecule has 1 fully saturated rings. The molecule has 0 aromatic carbocycles. The van der Waals surface area contributed by atoms with Gasteiger partial charge in [0.05, 0.1) is 6.10 Å². The quantitative estimate of drug-likeness (QED) is 0.804. The molecule has 2 rings (SSSR count). The highest BCUT2D eigenvalue weighted by atomic mass is 35.5. The minimum Gasteiger partial charge on any atom is -0.393 e. The molecule has 0 spiro atoms. The van der Waals surface area contributed by atoms with Crippen LogP contribution in [-0.4, -0.2) is 22.2 Å². The molecule has 0 atom stereocenters. The summed E-state index contributed by atoms with van der Waals surface area (Å²) in [6, 6.07) is 3.91. The van der Waals surface area contributed by atoms with Crippen LogP contribution in [0.1, 0.15) is 25.7 Å². The van der Waals surface area contributed by atoms with Crippen molar-refractivity contribution in [3.63, 3.8) is 0 Å². The third-order valence-corrected chi connectivity index (χ3v) is 3.22. The van der Waals surface area contributed by atoms with E-state index in [0.29, 0.717) is 16.3 Å². The van der Waals surface area contributed by atoms with Crippen LogP contribution >= 0.6 is 23.2 Å². The Kier molecular flexibility index (Phi) is 3.90. The minimum absolute atomic E-state index is 0.136. The Hall–Kier alpha value is -0.510. The first kappa shape index (κ1) is 12.0. The lowest BCUT2D eigenvalue weighted by Gasteiger charge is -2.27. The maximum absolute atomic E-state index is 9.40. The highest BCUT2D eigenvalue weighted by Gasteiger charge is 2.19. The topological polar surface area (TPSA) is 45.1 Å².